The smallest absolute Gasteiger partial charge is 0.262 e. The van der Waals surface area contributed by atoms with Gasteiger partial charge in [-0.3, -0.25) is 9.59 Å². The first kappa shape index (κ1) is 18.5. The Morgan fingerprint density at radius 2 is 2.25 bits per heavy atom. The Bertz CT molecular complexity index is 623. The van der Waals surface area contributed by atoms with Crippen molar-refractivity contribution in [1.29, 1.82) is 0 Å². The Hall–Kier alpha value is -1.79. The summed E-state index contributed by atoms with van der Waals surface area (Å²) in [6.07, 6.45) is 3.01. The van der Waals surface area contributed by atoms with E-state index in [1.54, 1.807) is 0 Å². The maximum Gasteiger partial charge on any atom is 0.262 e. The molecular formula is C17H24ClN3O3. The van der Waals surface area contributed by atoms with Gasteiger partial charge in [0, 0.05) is 5.92 Å². The highest BCUT2D eigenvalue weighted by Gasteiger charge is 2.32. The van der Waals surface area contributed by atoms with Gasteiger partial charge in [0.15, 0.2) is 6.61 Å². The van der Waals surface area contributed by atoms with Gasteiger partial charge in [0.2, 0.25) is 5.91 Å². The summed E-state index contributed by atoms with van der Waals surface area (Å²) in [5.74, 6) is 0.874. The second-order valence-electron chi connectivity index (χ2n) is 6.36. The van der Waals surface area contributed by atoms with Gasteiger partial charge in [0.05, 0.1) is 11.7 Å². The lowest BCUT2D eigenvalue weighted by Crippen LogP contribution is -2.36. The molecule has 0 spiro atoms. The monoisotopic (exact) mass is 353 g/mol. The third-order valence-electron chi connectivity index (χ3n) is 4.79. The number of hydrogen-bond donors (Lipinski definition) is 3. The molecule has 1 aliphatic carbocycles. The molecule has 2 amide bonds. The Kier molecular flexibility index (Phi) is 6.07. The molecule has 24 heavy (non-hydrogen) atoms. The zero-order valence-corrected chi connectivity index (χ0v) is 14.5. The quantitative estimate of drug-likeness (QED) is 0.771. The average Bonchev–Trinajstić information content (AvgIpc) is 3.02. The van der Waals surface area contributed by atoms with Crippen molar-refractivity contribution in [2.75, 3.05) is 18.5 Å². The fourth-order valence-corrected chi connectivity index (χ4v) is 3.44. The molecule has 3 rings (SSSR count). The molecule has 1 aromatic carbocycles. The summed E-state index contributed by atoms with van der Waals surface area (Å²) in [7, 11) is 0. The molecule has 0 aromatic heterocycles. The third-order valence-corrected chi connectivity index (χ3v) is 4.79. The number of rotatable bonds is 4. The molecule has 1 saturated carbocycles. The summed E-state index contributed by atoms with van der Waals surface area (Å²) in [6.45, 7) is 2.55. The van der Waals surface area contributed by atoms with E-state index in [1.165, 1.54) is 0 Å². The molecule has 1 unspecified atom stereocenters. The number of anilines is 1. The summed E-state index contributed by atoms with van der Waals surface area (Å²) in [5.41, 5.74) is 7.35. The van der Waals surface area contributed by atoms with E-state index in [0.717, 1.165) is 24.8 Å². The molecule has 3 atom stereocenters. The van der Waals surface area contributed by atoms with Crippen molar-refractivity contribution in [1.82, 2.24) is 5.32 Å². The van der Waals surface area contributed by atoms with Crippen molar-refractivity contribution in [3.8, 4) is 5.75 Å². The van der Waals surface area contributed by atoms with E-state index >= 15 is 0 Å². The fourth-order valence-electron chi connectivity index (χ4n) is 3.44. The summed E-state index contributed by atoms with van der Waals surface area (Å²) < 4.78 is 5.35. The second kappa shape index (κ2) is 7.85. The van der Waals surface area contributed by atoms with Crippen molar-refractivity contribution in [2.45, 2.75) is 32.2 Å². The molecular weight excluding hydrogens is 330 g/mol. The largest absolute Gasteiger partial charge is 0.482 e. The molecule has 1 aromatic rings. The van der Waals surface area contributed by atoms with Crippen LogP contribution in [-0.2, 0) is 9.59 Å². The van der Waals surface area contributed by atoms with E-state index < -0.39 is 0 Å². The number of nitrogens with two attached hydrogens (primary N) is 1. The first-order valence-corrected chi connectivity index (χ1v) is 8.15. The van der Waals surface area contributed by atoms with E-state index in [4.69, 9.17) is 10.5 Å². The summed E-state index contributed by atoms with van der Waals surface area (Å²) in [5, 5.41) is 5.86. The SMILES string of the molecule is CC(NC(=O)[C@@H]1CCC[C@@H]1CN)c1ccc2c(c1)NC(=O)CO2.Cl. The minimum Gasteiger partial charge on any atom is -0.482 e. The van der Waals surface area contributed by atoms with Crippen LogP contribution in [0.2, 0.25) is 0 Å². The molecule has 0 saturated heterocycles. The van der Waals surface area contributed by atoms with Crippen LogP contribution >= 0.6 is 12.4 Å². The second-order valence-corrected chi connectivity index (χ2v) is 6.36. The van der Waals surface area contributed by atoms with Crippen molar-refractivity contribution >= 4 is 29.9 Å². The van der Waals surface area contributed by atoms with E-state index in [1.807, 2.05) is 25.1 Å². The van der Waals surface area contributed by atoms with Crippen molar-refractivity contribution < 1.29 is 14.3 Å². The van der Waals surface area contributed by atoms with Crippen molar-refractivity contribution in [3.05, 3.63) is 23.8 Å². The van der Waals surface area contributed by atoms with Gasteiger partial charge in [-0.15, -0.1) is 12.4 Å². The van der Waals surface area contributed by atoms with Crippen LogP contribution in [0.1, 0.15) is 37.8 Å². The minimum atomic E-state index is -0.164. The van der Waals surface area contributed by atoms with Crippen LogP contribution in [-0.4, -0.2) is 25.0 Å². The van der Waals surface area contributed by atoms with Gasteiger partial charge in [-0.1, -0.05) is 12.5 Å². The lowest BCUT2D eigenvalue weighted by atomic mass is 9.94. The van der Waals surface area contributed by atoms with Gasteiger partial charge in [-0.25, -0.2) is 0 Å². The van der Waals surface area contributed by atoms with E-state index in [9.17, 15) is 9.59 Å². The number of hydrogen-bond acceptors (Lipinski definition) is 4. The zero-order valence-electron chi connectivity index (χ0n) is 13.7. The third kappa shape index (κ3) is 3.82. The van der Waals surface area contributed by atoms with Crippen LogP contribution in [0.3, 0.4) is 0 Å². The van der Waals surface area contributed by atoms with Gasteiger partial charge in [-0.2, -0.15) is 0 Å². The highest BCUT2D eigenvalue weighted by molar-refractivity contribution is 5.95. The lowest BCUT2D eigenvalue weighted by molar-refractivity contribution is -0.126. The molecule has 1 aliphatic heterocycles. The van der Waals surface area contributed by atoms with Crippen LogP contribution in [0, 0.1) is 11.8 Å². The van der Waals surface area contributed by atoms with Crippen LogP contribution in [0.5, 0.6) is 5.75 Å². The Morgan fingerprint density at radius 1 is 1.46 bits per heavy atom. The van der Waals surface area contributed by atoms with E-state index in [-0.39, 0.29) is 42.8 Å². The molecule has 7 heteroatoms. The van der Waals surface area contributed by atoms with Crippen LogP contribution in [0.25, 0.3) is 0 Å². The molecule has 1 heterocycles. The standard InChI is InChI=1S/C17H23N3O3.ClH/c1-10(19-17(22)13-4-2-3-12(13)8-18)11-5-6-15-14(7-11)20-16(21)9-23-15;/h5-7,10,12-13H,2-4,8-9,18H2,1H3,(H,19,22)(H,20,21);1H/t10?,12-,13-;/m1./s1. The summed E-state index contributed by atoms with van der Waals surface area (Å²) >= 11 is 0. The topological polar surface area (TPSA) is 93.5 Å². The lowest BCUT2D eigenvalue weighted by Gasteiger charge is -2.23. The molecule has 6 nitrogen and oxygen atoms in total. The molecule has 2 aliphatic rings. The fraction of sp³-hybridized carbons (Fsp3) is 0.529. The van der Waals surface area contributed by atoms with Gasteiger partial charge < -0.3 is 21.1 Å². The van der Waals surface area contributed by atoms with Gasteiger partial charge in [-0.05, 0) is 49.9 Å². The maximum absolute atomic E-state index is 12.5. The van der Waals surface area contributed by atoms with E-state index in [0.29, 0.717) is 23.9 Å². The van der Waals surface area contributed by atoms with Gasteiger partial charge >= 0.3 is 0 Å². The van der Waals surface area contributed by atoms with Crippen LogP contribution in [0.15, 0.2) is 18.2 Å². The Labute approximate surface area is 147 Å². The van der Waals surface area contributed by atoms with Crippen molar-refractivity contribution in [2.24, 2.45) is 17.6 Å². The number of halogens is 1. The number of carbonyl (C=O) groups is 2. The van der Waals surface area contributed by atoms with Gasteiger partial charge in [0.25, 0.3) is 5.91 Å². The normalized spacial score (nSPS) is 23.3. The summed E-state index contributed by atoms with van der Waals surface area (Å²) in [4.78, 5) is 23.9. The Balaban J connectivity index is 0.00000208. The number of amides is 2. The minimum absolute atomic E-state index is 0. The van der Waals surface area contributed by atoms with Crippen molar-refractivity contribution in [3.63, 3.8) is 0 Å². The highest BCUT2D eigenvalue weighted by Crippen LogP contribution is 2.33. The number of nitrogens with one attached hydrogen (secondary N) is 2. The maximum atomic E-state index is 12.5. The number of benzene rings is 1. The average molecular weight is 354 g/mol. The predicted molar refractivity (Wildman–Crippen MR) is 94.3 cm³/mol. The molecule has 0 bridgehead atoms. The first-order chi connectivity index (χ1) is 11.1. The Morgan fingerprint density at radius 3 is 3.00 bits per heavy atom. The molecule has 4 N–H and O–H groups in total. The number of carbonyl (C=O) groups excluding carboxylic acids is 2. The van der Waals surface area contributed by atoms with E-state index in [2.05, 4.69) is 10.6 Å². The highest BCUT2D eigenvalue weighted by atomic mass is 35.5. The molecule has 132 valence electrons. The molecule has 1 fully saturated rings. The molecule has 0 radical (unpaired) electrons. The van der Waals surface area contributed by atoms with Gasteiger partial charge in [0.1, 0.15) is 5.75 Å². The van der Waals surface area contributed by atoms with Crippen LogP contribution < -0.4 is 21.1 Å². The number of ether oxygens (including phenoxy) is 1. The van der Waals surface area contributed by atoms with Crippen LogP contribution in [0.4, 0.5) is 5.69 Å². The zero-order chi connectivity index (χ0) is 16.4. The number of fused-ring (bicyclic) bond motifs is 1. The predicted octanol–water partition coefficient (Wildman–Crippen LogP) is 1.99. The summed E-state index contributed by atoms with van der Waals surface area (Å²) in [6, 6.07) is 5.46. The first-order valence-electron chi connectivity index (χ1n) is 8.15.